The molecule has 2 aliphatic rings. The summed E-state index contributed by atoms with van der Waals surface area (Å²) < 4.78 is 12.1. The second kappa shape index (κ2) is 4.20. The number of nitrogens with zero attached hydrogens (tertiary/aromatic N) is 1. The van der Waals surface area contributed by atoms with Crippen molar-refractivity contribution in [1.29, 1.82) is 0 Å². The third kappa shape index (κ3) is 2.17. The van der Waals surface area contributed by atoms with Crippen molar-refractivity contribution in [2.24, 2.45) is 0 Å². The van der Waals surface area contributed by atoms with Gasteiger partial charge in [0, 0.05) is 5.46 Å². The van der Waals surface area contributed by atoms with Gasteiger partial charge in [-0.2, -0.15) is 0 Å². The van der Waals surface area contributed by atoms with Gasteiger partial charge in [0.25, 0.3) is 0 Å². The second-order valence-corrected chi connectivity index (χ2v) is 7.08. The molecule has 1 aliphatic carbocycles. The van der Waals surface area contributed by atoms with E-state index in [1.165, 1.54) is 0 Å². The Bertz CT molecular complexity index is 541. The van der Waals surface area contributed by atoms with Crippen LogP contribution in [0.3, 0.4) is 0 Å². The van der Waals surface area contributed by atoms with Gasteiger partial charge in [-0.25, -0.2) is 4.98 Å². The van der Waals surface area contributed by atoms with Crippen LogP contribution >= 0.6 is 11.6 Å². The van der Waals surface area contributed by atoms with E-state index in [9.17, 15) is 5.11 Å². The Morgan fingerprint density at radius 1 is 1.15 bits per heavy atom. The Morgan fingerprint density at radius 3 is 2.20 bits per heavy atom. The van der Waals surface area contributed by atoms with Crippen molar-refractivity contribution in [3.05, 3.63) is 23.0 Å². The van der Waals surface area contributed by atoms with Gasteiger partial charge in [-0.05, 0) is 46.6 Å². The molecule has 2 heterocycles. The maximum absolute atomic E-state index is 10.4. The van der Waals surface area contributed by atoms with E-state index in [-0.39, 0.29) is 0 Å². The number of hydrogen-bond acceptors (Lipinski definition) is 4. The van der Waals surface area contributed by atoms with E-state index < -0.39 is 23.9 Å². The van der Waals surface area contributed by atoms with Gasteiger partial charge in [0.05, 0.1) is 16.9 Å². The Hall–Kier alpha value is -0.615. The fourth-order valence-electron chi connectivity index (χ4n) is 2.33. The van der Waals surface area contributed by atoms with Crippen LogP contribution in [0.1, 0.15) is 46.2 Å². The summed E-state index contributed by atoms with van der Waals surface area (Å²) in [6.45, 7) is 8.01. The summed E-state index contributed by atoms with van der Waals surface area (Å²) in [5.41, 5.74) is -0.345. The van der Waals surface area contributed by atoms with E-state index in [0.29, 0.717) is 23.7 Å². The van der Waals surface area contributed by atoms with E-state index in [1.807, 2.05) is 33.8 Å². The highest BCUT2D eigenvalue weighted by Crippen LogP contribution is 2.45. The first kappa shape index (κ1) is 14.3. The molecule has 0 bridgehead atoms. The molecule has 1 aromatic rings. The molecule has 20 heavy (non-hydrogen) atoms. The molecule has 0 atom stereocenters. The molecule has 0 unspecified atom stereocenters. The van der Waals surface area contributed by atoms with Crippen molar-refractivity contribution in [3.63, 3.8) is 0 Å². The minimum Gasteiger partial charge on any atom is -0.399 e. The molecule has 1 aromatic heterocycles. The molecule has 3 rings (SSSR count). The molecule has 0 spiro atoms. The third-order valence-electron chi connectivity index (χ3n) is 4.56. The smallest absolute Gasteiger partial charge is 0.399 e. The minimum absolute atomic E-state index is 0.376. The molecule has 1 saturated heterocycles. The first-order valence-electron chi connectivity index (χ1n) is 6.90. The lowest BCUT2D eigenvalue weighted by atomic mass is 9.76. The molecule has 0 radical (unpaired) electrons. The highest BCUT2D eigenvalue weighted by atomic mass is 35.5. The molecule has 1 N–H and O–H groups in total. The maximum atomic E-state index is 10.4. The molecule has 1 saturated carbocycles. The Kier molecular flexibility index (Phi) is 3.01. The molecular formula is C14H19BClNO3. The molecule has 2 fully saturated rings. The highest BCUT2D eigenvalue weighted by Gasteiger charge is 2.55. The van der Waals surface area contributed by atoms with Gasteiger partial charge in [0.2, 0.25) is 0 Å². The quantitative estimate of drug-likeness (QED) is 0.670. The van der Waals surface area contributed by atoms with Crippen molar-refractivity contribution in [2.45, 2.75) is 57.3 Å². The van der Waals surface area contributed by atoms with Crippen LogP contribution in [-0.4, -0.2) is 28.4 Å². The summed E-state index contributed by atoms with van der Waals surface area (Å²) in [4.78, 5) is 4.30. The largest absolute Gasteiger partial charge is 0.496 e. The first-order chi connectivity index (χ1) is 9.15. The SMILES string of the molecule is CC1(C)OB(c2ccc(Cl)nc2C2(O)CC2)OC1(C)C. The Balaban J connectivity index is 2.00. The van der Waals surface area contributed by atoms with E-state index in [2.05, 4.69) is 4.98 Å². The number of pyridine rings is 1. The van der Waals surface area contributed by atoms with Gasteiger partial charge < -0.3 is 14.4 Å². The summed E-state index contributed by atoms with van der Waals surface area (Å²) in [5.74, 6) is 0. The topological polar surface area (TPSA) is 51.6 Å². The lowest BCUT2D eigenvalue weighted by Crippen LogP contribution is -2.41. The average Bonchev–Trinajstić information content (AvgIpc) is 3.02. The van der Waals surface area contributed by atoms with Gasteiger partial charge in [0.15, 0.2) is 0 Å². The van der Waals surface area contributed by atoms with Crippen LogP contribution in [0.25, 0.3) is 0 Å². The molecule has 4 nitrogen and oxygen atoms in total. The predicted molar refractivity (Wildman–Crippen MR) is 78.1 cm³/mol. The van der Waals surface area contributed by atoms with Crippen molar-refractivity contribution in [2.75, 3.05) is 0 Å². The monoisotopic (exact) mass is 295 g/mol. The molecule has 0 amide bonds. The number of aliphatic hydroxyl groups is 1. The zero-order valence-electron chi connectivity index (χ0n) is 12.2. The number of rotatable bonds is 2. The van der Waals surface area contributed by atoms with Crippen molar-refractivity contribution >= 4 is 24.2 Å². The standard InChI is InChI=1S/C14H19BClNO3/c1-12(2)13(3,4)20-15(19-12)9-5-6-10(16)17-11(9)14(18)7-8-14/h5-6,18H,7-8H2,1-4H3. The summed E-state index contributed by atoms with van der Waals surface area (Å²) in [6, 6.07) is 3.54. The molecule has 0 aromatic carbocycles. The van der Waals surface area contributed by atoms with Crippen LogP contribution < -0.4 is 5.46 Å². The highest BCUT2D eigenvalue weighted by molar-refractivity contribution is 6.62. The maximum Gasteiger partial charge on any atom is 0.496 e. The van der Waals surface area contributed by atoms with Crippen molar-refractivity contribution < 1.29 is 14.4 Å². The van der Waals surface area contributed by atoms with Crippen molar-refractivity contribution in [1.82, 2.24) is 4.98 Å². The molecule has 1 aliphatic heterocycles. The van der Waals surface area contributed by atoms with Crippen LogP contribution in [-0.2, 0) is 14.9 Å². The van der Waals surface area contributed by atoms with Crippen LogP contribution in [0, 0.1) is 0 Å². The Morgan fingerprint density at radius 2 is 1.70 bits per heavy atom. The van der Waals surface area contributed by atoms with E-state index in [0.717, 1.165) is 5.46 Å². The molecule has 6 heteroatoms. The van der Waals surface area contributed by atoms with E-state index in [4.69, 9.17) is 20.9 Å². The van der Waals surface area contributed by atoms with Gasteiger partial charge in [-0.15, -0.1) is 0 Å². The molecular weight excluding hydrogens is 276 g/mol. The zero-order chi connectivity index (χ0) is 14.8. The third-order valence-corrected chi connectivity index (χ3v) is 4.77. The summed E-state index contributed by atoms with van der Waals surface area (Å²) >= 11 is 5.97. The minimum atomic E-state index is -0.871. The Labute approximate surface area is 124 Å². The number of aromatic nitrogens is 1. The fraction of sp³-hybridized carbons (Fsp3) is 0.643. The summed E-state index contributed by atoms with van der Waals surface area (Å²) in [5, 5.41) is 10.8. The van der Waals surface area contributed by atoms with Crippen LogP contribution in [0.5, 0.6) is 0 Å². The van der Waals surface area contributed by atoms with Gasteiger partial charge in [-0.1, -0.05) is 17.7 Å². The van der Waals surface area contributed by atoms with Crippen LogP contribution in [0.2, 0.25) is 5.15 Å². The summed E-state index contributed by atoms with van der Waals surface area (Å²) in [7, 11) is -0.524. The second-order valence-electron chi connectivity index (χ2n) is 6.69. The van der Waals surface area contributed by atoms with Crippen molar-refractivity contribution in [3.8, 4) is 0 Å². The number of halogens is 1. The predicted octanol–water partition coefficient (Wildman–Crippen LogP) is 2.02. The van der Waals surface area contributed by atoms with Crippen LogP contribution in [0.15, 0.2) is 12.1 Å². The lowest BCUT2D eigenvalue weighted by molar-refractivity contribution is 0.00578. The summed E-state index contributed by atoms with van der Waals surface area (Å²) in [6.07, 6.45) is 1.40. The molecule has 108 valence electrons. The fourth-order valence-corrected chi connectivity index (χ4v) is 2.48. The zero-order valence-corrected chi connectivity index (χ0v) is 13.0. The number of hydrogen-bond donors (Lipinski definition) is 1. The first-order valence-corrected chi connectivity index (χ1v) is 7.27. The normalized spacial score (nSPS) is 25.8. The van der Waals surface area contributed by atoms with E-state index in [1.54, 1.807) is 6.07 Å². The lowest BCUT2D eigenvalue weighted by Gasteiger charge is -2.32. The van der Waals surface area contributed by atoms with E-state index >= 15 is 0 Å². The van der Waals surface area contributed by atoms with Crippen LogP contribution in [0.4, 0.5) is 0 Å². The van der Waals surface area contributed by atoms with Gasteiger partial charge in [-0.3, -0.25) is 0 Å². The average molecular weight is 296 g/mol. The van der Waals surface area contributed by atoms with Gasteiger partial charge in [0.1, 0.15) is 10.8 Å². The van der Waals surface area contributed by atoms with Gasteiger partial charge >= 0.3 is 7.12 Å².